The number of fused-ring (bicyclic) bond motifs is 1. The topological polar surface area (TPSA) is 74.4 Å². The molecule has 1 aromatic carbocycles. The third kappa shape index (κ3) is 1.92. The standard InChI is InChI=1S/C12H13N2O4/c1-8-12(7-18-9(2)15)14(17)11-6-4-3-5-10(11)13(8)16/h3-6,16H,7H2,1-2H3/q+1. The number of aromatic nitrogens is 2. The van der Waals surface area contributed by atoms with Crippen molar-refractivity contribution in [3.05, 3.63) is 40.6 Å². The Kier molecular flexibility index (Phi) is 3.01. The molecule has 0 spiro atoms. The van der Waals surface area contributed by atoms with Crippen LogP contribution in [-0.4, -0.2) is 15.9 Å². The number of nitrogens with zero attached hydrogens (tertiary/aromatic N) is 2. The molecule has 94 valence electrons. The minimum Gasteiger partial charge on any atom is -0.454 e. The first kappa shape index (κ1) is 12.1. The molecule has 0 amide bonds. The van der Waals surface area contributed by atoms with Crippen molar-refractivity contribution in [2.24, 2.45) is 0 Å². The molecule has 0 aliphatic heterocycles. The Morgan fingerprint density at radius 3 is 2.78 bits per heavy atom. The summed E-state index contributed by atoms with van der Waals surface area (Å²) in [6, 6.07) is 6.64. The number of para-hydroxylation sites is 2. The molecule has 0 saturated carbocycles. The molecule has 1 N–H and O–H groups in total. The summed E-state index contributed by atoms with van der Waals surface area (Å²) in [6.45, 7) is 2.67. The van der Waals surface area contributed by atoms with E-state index in [1.54, 1.807) is 31.2 Å². The van der Waals surface area contributed by atoms with Gasteiger partial charge in [-0.3, -0.25) is 4.79 Å². The lowest BCUT2D eigenvalue weighted by atomic mass is 10.2. The molecular formula is C12H13N2O4+. The number of hydrogen-bond donors (Lipinski definition) is 1. The maximum absolute atomic E-state index is 12.1. The van der Waals surface area contributed by atoms with Gasteiger partial charge in [0.25, 0.3) is 11.2 Å². The zero-order valence-corrected chi connectivity index (χ0v) is 10.1. The van der Waals surface area contributed by atoms with E-state index in [0.717, 1.165) is 4.73 Å². The van der Waals surface area contributed by atoms with Crippen LogP contribution in [0.1, 0.15) is 18.3 Å². The van der Waals surface area contributed by atoms with Crippen molar-refractivity contribution in [1.82, 2.24) is 4.73 Å². The Morgan fingerprint density at radius 1 is 1.44 bits per heavy atom. The SMILES string of the molecule is CC(=O)OCc1c(C)n(O)c2ccccc2[n+]1=O. The van der Waals surface area contributed by atoms with Crippen molar-refractivity contribution in [1.29, 1.82) is 0 Å². The normalized spacial score (nSPS) is 10.6. The molecule has 0 aliphatic rings. The maximum Gasteiger partial charge on any atom is 0.303 e. The number of carbonyl (C=O) groups excluding carboxylic acids is 1. The third-order valence-electron chi connectivity index (χ3n) is 2.72. The lowest BCUT2D eigenvalue weighted by Gasteiger charge is -2.06. The van der Waals surface area contributed by atoms with Crippen LogP contribution in [0.2, 0.25) is 0 Å². The third-order valence-corrected chi connectivity index (χ3v) is 2.72. The van der Waals surface area contributed by atoms with Gasteiger partial charge in [0.1, 0.15) is 5.69 Å². The van der Waals surface area contributed by atoms with E-state index in [1.807, 2.05) is 0 Å². The quantitative estimate of drug-likeness (QED) is 0.492. The first-order chi connectivity index (χ1) is 8.52. The number of rotatable bonds is 2. The van der Waals surface area contributed by atoms with Crippen LogP contribution in [0.3, 0.4) is 0 Å². The average molecular weight is 249 g/mol. The number of benzene rings is 1. The van der Waals surface area contributed by atoms with Crippen LogP contribution in [0.15, 0.2) is 24.3 Å². The van der Waals surface area contributed by atoms with Crippen LogP contribution in [-0.2, 0) is 16.1 Å². The molecule has 0 atom stereocenters. The number of carbonyl (C=O) groups is 1. The fourth-order valence-corrected chi connectivity index (χ4v) is 1.74. The molecule has 1 heterocycles. The van der Waals surface area contributed by atoms with Crippen LogP contribution in [0.4, 0.5) is 0 Å². The van der Waals surface area contributed by atoms with Gasteiger partial charge in [0.05, 0.1) is 4.43 Å². The summed E-state index contributed by atoms with van der Waals surface area (Å²) in [5.41, 5.74) is 1.25. The van der Waals surface area contributed by atoms with Crippen LogP contribution < -0.4 is 4.43 Å². The second-order valence-electron chi connectivity index (χ2n) is 3.91. The summed E-state index contributed by atoms with van der Waals surface area (Å²) in [5, 5.41) is 9.95. The van der Waals surface area contributed by atoms with E-state index in [-0.39, 0.29) is 12.3 Å². The molecule has 2 rings (SSSR count). The molecule has 0 saturated heterocycles. The van der Waals surface area contributed by atoms with Gasteiger partial charge in [0.2, 0.25) is 0 Å². The minimum atomic E-state index is -0.480. The summed E-state index contributed by atoms with van der Waals surface area (Å²) in [5.74, 6) is -0.480. The van der Waals surface area contributed by atoms with E-state index in [0.29, 0.717) is 21.2 Å². The molecule has 2 aromatic rings. The zero-order chi connectivity index (χ0) is 13.3. The van der Waals surface area contributed by atoms with Gasteiger partial charge in [-0.05, 0) is 13.0 Å². The highest BCUT2D eigenvalue weighted by molar-refractivity contribution is 5.71. The molecule has 6 heteroatoms. The number of esters is 1. The maximum atomic E-state index is 12.1. The first-order valence-corrected chi connectivity index (χ1v) is 5.40. The van der Waals surface area contributed by atoms with E-state index < -0.39 is 5.97 Å². The second kappa shape index (κ2) is 4.48. The molecule has 18 heavy (non-hydrogen) atoms. The lowest BCUT2D eigenvalue weighted by molar-refractivity contribution is -0.480. The largest absolute Gasteiger partial charge is 0.454 e. The van der Waals surface area contributed by atoms with Crippen molar-refractivity contribution >= 4 is 17.0 Å². The Balaban J connectivity index is 2.67. The van der Waals surface area contributed by atoms with Crippen LogP contribution in [0.5, 0.6) is 0 Å². The van der Waals surface area contributed by atoms with E-state index in [2.05, 4.69) is 0 Å². The molecule has 1 aromatic heterocycles. The highest BCUT2D eigenvalue weighted by atomic mass is 16.5. The van der Waals surface area contributed by atoms with Crippen molar-refractivity contribution in [2.75, 3.05) is 0 Å². The Labute approximate surface area is 103 Å². The van der Waals surface area contributed by atoms with Crippen LogP contribution in [0.25, 0.3) is 11.0 Å². The summed E-state index contributed by atoms with van der Waals surface area (Å²) >= 11 is 0. The van der Waals surface area contributed by atoms with E-state index in [1.165, 1.54) is 6.92 Å². The number of ether oxygens (including phenoxy) is 1. The van der Waals surface area contributed by atoms with Gasteiger partial charge in [0.15, 0.2) is 12.1 Å². The molecule has 0 fully saturated rings. The van der Waals surface area contributed by atoms with Crippen molar-refractivity contribution in [3.63, 3.8) is 0 Å². The second-order valence-corrected chi connectivity index (χ2v) is 3.91. The summed E-state index contributed by atoms with van der Waals surface area (Å²) < 4.78 is 6.40. The molecule has 0 unspecified atom stereocenters. The predicted molar refractivity (Wildman–Crippen MR) is 62.7 cm³/mol. The van der Waals surface area contributed by atoms with Crippen molar-refractivity contribution < 1.29 is 19.2 Å². The van der Waals surface area contributed by atoms with Gasteiger partial charge in [-0.1, -0.05) is 12.1 Å². The van der Waals surface area contributed by atoms with Gasteiger partial charge in [-0.25, -0.2) is 0 Å². The van der Waals surface area contributed by atoms with Gasteiger partial charge in [-0.2, -0.15) is 4.73 Å². The smallest absolute Gasteiger partial charge is 0.303 e. The van der Waals surface area contributed by atoms with Crippen molar-refractivity contribution in [2.45, 2.75) is 20.5 Å². The highest BCUT2D eigenvalue weighted by Crippen LogP contribution is 2.13. The first-order valence-electron chi connectivity index (χ1n) is 5.40. The molecule has 0 radical (unpaired) electrons. The Bertz CT molecular complexity index is 676. The Hall–Kier alpha value is -2.37. The van der Waals surface area contributed by atoms with E-state index in [9.17, 15) is 14.9 Å². The fourth-order valence-electron chi connectivity index (χ4n) is 1.74. The van der Waals surface area contributed by atoms with Gasteiger partial charge >= 0.3 is 5.97 Å². The highest BCUT2D eigenvalue weighted by Gasteiger charge is 2.22. The number of hydrogen-bond acceptors (Lipinski definition) is 4. The summed E-state index contributed by atoms with van der Waals surface area (Å²) in [7, 11) is 0. The van der Waals surface area contributed by atoms with Gasteiger partial charge in [-0.15, -0.1) is 0 Å². The molecule has 0 aliphatic carbocycles. The van der Waals surface area contributed by atoms with E-state index in [4.69, 9.17) is 4.74 Å². The van der Waals surface area contributed by atoms with E-state index >= 15 is 0 Å². The minimum absolute atomic E-state index is 0.171. The summed E-state index contributed by atoms with van der Waals surface area (Å²) in [4.78, 5) is 22.9. The summed E-state index contributed by atoms with van der Waals surface area (Å²) in [6.07, 6.45) is 0. The van der Waals surface area contributed by atoms with Crippen LogP contribution >= 0.6 is 0 Å². The molecule has 0 bridgehead atoms. The van der Waals surface area contributed by atoms with Crippen molar-refractivity contribution in [3.8, 4) is 0 Å². The molecular weight excluding hydrogens is 236 g/mol. The van der Waals surface area contributed by atoms with Crippen LogP contribution in [0, 0.1) is 11.8 Å². The van der Waals surface area contributed by atoms with Gasteiger partial charge < -0.3 is 9.94 Å². The average Bonchev–Trinajstić information content (AvgIpc) is 2.36. The molecule has 6 nitrogen and oxygen atoms in total. The Morgan fingerprint density at radius 2 is 2.11 bits per heavy atom. The lowest BCUT2D eigenvalue weighted by Crippen LogP contribution is -2.28. The zero-order valence-electron chi connectivity index (χ0n) is 10.1. The predicted octanol–water partition coefficient (Wildman–Crippen LogP) is 1.16. The van der Waals surface area contributed by atoms with Gasteiger partial charge in [0, 0.05) is 17.9 Å². The monoisotopic (exact) mass is 249 g/mol. The fraction of sp³-hybridized carbons (Fsp3) is 0.250.